The molecule has 1 heterocycles. The van der Waals surface area contributed by atoms with Gasteiger partial charge in [0.05, 0.1) is 12.7 Å². The summed E-state index contributed by atoms with van der Waals surface area (Å²) < 4.78 is 11.6. The van der Waals surface area contributed by atoms with Crippen molar-refractivity contribution in [2.24, 2.45) is 11.7 Å². The van der Waals surface area contributed by atoms with Crippen molar-refractivity contribution in [1.29, 1.82) is 0 Å². The van der Waals surface area contributed by atoms with Gasteiger partial charge in [-0.1, -0.05) is 31.0 Å². The Morgan fingerprint density at radius 2 is 2.10 bits per heavy atom. The predicted octanol–water partition coefficient (Wildman–Crippen LogP) is 3.30. The number of hydrogen-bond donors (Lipinski definition) is 1. The van der Waals surface area contributed by atoms with Crippen LogP contribution in [0.4, 0.5) is 0 Å². The molecule has 1 saturated heterocycles. The fraction of sp³-hybridized carbons (Fsp3) is 0.667. The lowest BCUT2D eigenvalue weighted by molar-refractivity contribution is -0.0960. The summed E-state index contributed by atoms with van der Waals surface area (Å²) in [5.74, 6) is 1.53. The third-order valence-corrected chi connectivity index (χ3v) is 5.30. The summed E-state index contributed by atoms with van der Waals surface area (Å²) in [6.07, 6.45) is 8.21. The molecule has 0 aromatic heterocycles. The van der Waals surface area contributed by atoms with Crippen molar-refractivity contribution in [3.05, 3.63) is 29.8 Å². The highest BCUT2D eigenvalue weighted by atomic mass is 16.5. The first-order valence-corrected chi connectivity index (χ1v) is 8.24. The average Bonchev–Trinajstić information content (AvgIpc) is 2.95. The molecule has 1 aliphatic carbocycles. The van der Waals surface area contributed by atoms with Gasteiger partial charge >= 0.3 is 0 Å². The van der Waals surface area contributed by atoms with E-state index in [-0.39, 0.29) is 11.6 Å². The highest BCUT2D eigenvalue weighted by Crippen LogP contribution is 2.43. The zero-order valence-electron chi connectivity index (χ0n) is 13.0. The van der Waals surface area contributed by atoms with Crippen molar-refractivity contribution >= 4 is 0 Å². The van der Waals surface area contributed by atoms with Gasteiger partial charge in [-0.15, -0.1) is 0 Å². The Labute approximate surface area is 127 Å². The molecular weight excluding hydrogens is 262 g/mol. The minimum Gasteiger partial charge on any atom is -0.496 e. The lowest BCUT2D eigenvalue weighted by Crippen LogP contribution is -2.44. The quantitative estimate of drug-likeness (QED) is 0.925. The van der Waals surface area contributed by atoms with E-state index in [0.717, 1.165) is 31.6 Å². The van der Waals surface area contributed by atoms with Crippen molar-refractivity contribution in [2.75, 3.05) is 13.7 Å². The number of benzene rings is 1. The van der Waals surface area contributed by atoms with E-state index in [1.54, 1.807) is 7.11 Å². The normalized spacial score (nSPS) is 25.9. The van der Waals surface area contributed by atoms with Crippen LogP contribution in [0.25, 0.3) is 0 Å². The molecule has 3 nitrogen and oxygen atoms in total. The molecule has 3 heteroatoms. The molecular formula is C18H27NO2. The summed E-state index contributed by atoms with van der Waals surface area (Å²) >= 11 is 0. The summed E-state index contributed by atoms with van der Waals surface area (Å²) in [6, 6.07) is 8.42. The van der Waals surface area contributed by atoms with Gasteiger partial charge in [-0.3, -0.25) is 0 Å². The van der Waals surface area contributed by atoms with Crippen molar-refractivity contribution in [3.63, 3.8) is 0 Å². The van der Waals surface area contributed by atoms with Gasteiger partial charge in [-0.05, 0) is 49.7 Å². The first-order valence-electron chi connectivity index (χ1n) is 8.24. The highest BCUT2D eigenvalue weighted by molar-refractivity contribution is 5.33. The summed E-state index contributed by atoms with van der Waals surface area (Å²) in [7, 11) is 1.73. The second-order valence-electron chi connectivity index (χ2n) is 6.67. The van der Waals surface area contributed by atoms with Crippen LogP contribution in [0.3, 0.4) is 0 Å². The highest BCUT2D eigenvalue weighted by Gasteiger charge is 2.41. The molecule has 0 bridgehead atoms. The van der Waals surface area contributed by atoms with Gasteiger partial charge in [0.25, 0.3) is 0 Å². The fourth-order valence-electron chi connectivity index (χ4n) is 4.09. The van der Waals surface area contributed by atoms with Gasteiger partial charge in [0.1, 0.15) is 5.75 Å². The second kappa shape index (κ2) is 6.37. The molecule has 1 aromatic carbocycles. The molecule has 21 heavy (non-hydrogen) atoms. The first-order chi connectivity index (χ1) is 10.2. The monoisotopic (exact) mass is 289 g/mol. The van der Waals surface area contributed by atoms with Crippen LogP contribution in [0.5, 0.6) is 5.75 Å². The average molecular weight is 289 g/mol. The number of methoxy groups -OCH3 is 1. The van der Waals surface area contributed by atoms with Gasteiger partial charge in [0, 0.05) is 12.6 Å². The molecule has 1 saturated carbocycles. The van der Waals surface area contributed by atoms with Crippen molar-refractivity contribution in [3.8, 4) is 5.75 Å². The topological polar surface area (TPSA) is 44.5 Å². The van der Waals surface area contributed by atoms with Gasteiger partial charge in [-0.25, -0.2) is 0 Å². The molecule has 116 valence electrons. The Morgan fingerprint density at radius 3 is 2.86 bits per heavy atom. The minimum absolute atomic E-state index is 0.154. The number of para-hydroxylation sites is 1. The molecule has 2 unspecified atom stereocenters. The second-order valence-corrected chi connectivity index (χ2v) is 6.67. The molecule has 3 rings (SSSR count). The van der Waals surface area contributed by atoms with Crippen LogP contribution in [-0.2, 0) is 11.2 Å². The van der Waals surface area contributed by atoms with E-state index in [9.17, 15) is 0 Å². The summed E-state index contributed by atoms with van der Waals surface area (Å²) in [4.78, 5) is 0. The lowest BCUT2D eigenvalue weighted by atomic mass is 9.79. The van der Waals surface area contributed by atoms with Gasteiger partial charge in [-0.2, -0.15) is 0 Å². The Kier molecular flexibility index (Phi) is 4.51. The maximum Gasteiger partial charge on any atom is 0.122 e. The molecule has 0 amide bonds. The maximum atomic E-state index is 6.54. The standard InChI is InChI=1S/C18H27NO2/c1-20-17-7-3-2-6-14(17)12-16(19)15-8-11-21-18(13-15)9-4-5-10-18/h2-3,6-7,15-16H,4-5,8-13,19H2,1H3. The summed E-state index contributed by atoms with van der Waals surface area (Å²) in [5.41, 5.74) is 7.92. The summed E-state index contributed by atoms with van der Waals surface area (Å²) in [5, 5.41) is 0. The Hall–Kier alpha value is -1.06. The van der Waals surface area contributed by atoms with E-state index in [1.165, 1.54) is 31.2 Å². The molecule has 1 spiro atoms. The zero-order chi connectivity index (χ0) is 14.7. The predicted molar refractivity (Wildman–Crippen MR) is 84.5 cm³/mol. The Morgan fingerprint density at radius 1 is 1.33 bits per heavy atom. The molecule has 2 fully saturated rings. The SMILES string of the molecule is COc1ccccc1CC(N)C1CCOC2(CCCC2)C1. The zero-order valence-corrected chi connectivity index (χ0v) is 13.0. The Bertz CT molecular complexity index is 468. The van der Waals surface area contributed by atoms with E-state index in [4.69, 9.17) is 15.2 Å². The van der Waals surface area contributed by atoms with Crippen LogP contribution in [0.15, 0.2) is 24.3 Å². The van der Waals surface area contributed by atoms with Gasteiger partial charge in [0.15, 0.2) is 0 Å². The van der Waals surface area contributed by atoms with Crippen molar-refractivity contribution in [1.82, 2.24) is 0 Å². The maximum absolute atomic E-state index is 6.54. The number of ether oxygens (including phenoxy) is 2. The van der Waals surface area contributed by atoms with E-state index in [1.807, 2.05) is 12.1 Å². The summed E-state index contributed by atoms with van der Waals surface area (Å²) in [6.45, 7) is 0.879. The molecule has 0 radical (unpaired) electrons. The van der Waals surface area contributed by atoms with Gasteiger partial charge < -0.3 is 15.2 Å². The van der Waals surface area contributed by atoms with Crippen LogP contribution in [0.2, 0.25) is 0 Å². The van der Waals surface area contributed by atoms with Gasteiger partial charge in [0.2, 0.25) is 0 Å². The van der Waals surface area contributed by atoms with Crippen LogP contribution in [-0.4, -0.2) is 25.4 Å². The van der Waals surface area contributed by atoms with Crippen LogP contribution in [0, 0.1) is 5.92 Å². The number of nitrogens with two attached hydrogens (primary N) is 1. The van der Waals surface area contributed by atoms with Crippen LogP contribution in [0.1, 0.15) is 44.1 Å². The van der Waals surface area contributed by atoms with E-state index in [2.05, 4.69) is 12.1 Å². The van der Waals surface area contributed by atoms with E-state index in [0.29, 0.717) is 5.92 Å². The van der Waals surface area contributed by atoms with Crippen molar-refractivity contribution in [2.45, 2.75) is 56.6 Å². The largest absolute Gasteiger partial charge is 0.496 e. The van der Waals surface area contributed by atoms with Crippen LogP contribution >= 0.6 is 0 Å². The third-order valence-electron chi connectivity index (χ3n) is 5.30. The number of hydrogen-bond acceptors (Lipinski definition) is 3. The molecule has 1 aliphatic heterocycles. The van der Waals surface area contributed by atoms with E-state index < -0.39 is 0 Å². The lowest BCUT2D eigenvalue weighted by Gasteiger charge is -2.40. The fourth-order valence-corrected chi connectivity index (χ4v) is 4.09. The Balaban J connectivity index is 1.66. The molecule has 2 N–H and O–H groups in total. The molecule has 1 aromatic rings. The van der Waals surface area contributed by atoms with E-state index >= 15 is 0 Å². The molecule has 2 aliphatic rings. The smallest absolute Gasteiger partial charge is 0.122 e. The van der Waals surface area contributed by atoms with Crippen LogP contribution < -0.4 is 10.5 Å². The first kappa shape index (κ1) is 14.9. The molecule has 2 atom stereocenters. The third kappa shape index (κ3) is 3.24. The number of rotatable bonds is 4. The van der Waals surface area contributed by atoms with Crippen molar-refractivity contribution < 1.29 is 9.47 Å². The minimum atomic E-state index is 0.154.